The summed E-state index contributed by atoms with van der Waals surface area (Å²) in [7, 11) is 3.55. The number of aryl methyl sites for hydroxylation is 2. The minimum Gasteiger partial charge on any atom is -0.464 e. The molecule has 0 spiro atoms. The summed E-state index contributed by atoms with van der Waals surface area (Å²) in [4.78, 5) is 10.9. The van der Waals surface area contributed by atoms with E-state index in [1.165, 1.54) is 0 Å². The molecule has 0 aliphatic heterocycles. The van der Waals surface area contributed by atoms with Crippen molar-refractivity contribution in [2.45, 2.75) is 13.5 Å². The van der Waals surface area contributed by atoms with Crippen LogP contribution in [0.15, 0.2) is 27.5 Å². The van der Waals surface area contributed by atoms with E-state index in [2.05, 4.69) is 35.9 Å². The van der Waals surface area contributed by atoms with E-state index in [9.17, 15) is 0 Å². The summed E-state index contributed by atoms with van der Waals surface area (Å²) >= 11 is 3.50. The first kappa shape index (κ1) is 15.9. The predicted octanol–water partition coefficient (Wildman–Crippen LogP) is 2.68. The lowest BCUT2D eigenvalue weighted by molar-refractivity contribution is 0.204. The van der Waals surface area contributed by atoms with Gasteiger partial charge in [0.1, 0.15) is 28.3 Å². The van der Waals surface area contributed by atoms with Gasteiger partial charge in [-0.2, -0.15) is 5.10 Å². The van der Waals surface area contributed by atoms with Gasteiger partial charge >= 0.3 is 0 Å². The Balaban J connectivity index is 2.02. The zero-order valence-corrected chi connectivity index (χ0v) is 14.9. The number of anilines is 1. The Kier molecular flexibility index (Phi) is 4.63. The Hall–Kier alpha value is -1.93. The van der Waals surface area contributed by atoms with Crippen LogP contribution in [0.4, 0.5) is 5.82 Å². The number of hydrogen-bond acceptors (Lipinski definition) is 6. The Morgan fingerprint density at radius 1 is 1.35 bits per heavy atom. The highest BCUT2D eigenvalue weighted by Gasteiger charge is 2.19. The molecule has 0 saturated carbocycles. The molecular weight excluding hydrogens is 362 g/mol. The molecule has 0 saturated heterocycles. The summed E-state index contributed by atoms with van der Waals surface area (Å²) < 4.78 is 13.4. The van der Waals surface area contributed by atoms with Crippen LogP contribution in [-0.2, 0) is 18.3 Å². The van der Waals surface area contributed by atoms with Crippen LogP contribution in [-0.4, -0.2) is 40.0 Å². The zero-order valence-electron chi connectivity index (χ0n) is 13.3. The summed E-state index contributed by atoms with van der Waals surface area (Å²) in [6.07, 6.45) is 1.55. The van der Waals surface area contributed by atoms with E-state index >= 15 is 0 Å². The molecule has 3 aromatic heterocycles. The fourth-order valence-corrected chi connectivity index (χ4v) is 3.08. The van der Waals surface area contributed by atoms with Crippen LogP contribution in [0.25, 0.3) is 11.0 Å². The summed E-state index contributed by atoms with van der Waals surface area (Å²) in [6.45, 7) is 3.81. The Morgan fingerprint density at radius 3 is 2.87 bits per heavy atom. The first-order valence-corrected chi connectivity index (χ1v) is 8.02. The van der Waals surface area contributed by atoms with E-state index in [4.69, 9.17) is 9.15 Å². The van der Waals surface area contributed by atoms with E-state index in [1.54, 1.807) is 18.1 Å². The van der Waals surface area contributed by atoms with Crippen molar-refractivity contribution >= 4 is 32.8 Å². The molecule has 23 heavy (non-hydrogen) atoms. The highest BCUT2D eigenvalue weighted by molar-refractivity contribution is 9.10. The smallest absolute Gasteiger partial charge is 0.164 e. The van der Waals surface area contributed by atoms with Gasteiger partial charge in [-0.15, -0.1) is 0 Å². The fourth-order valence-electron chi connectivity index (χ4n) is 2.49. The van der Waals surface area contributed by atoms with Crippen LogP contribution in [0.1, 0.15) is 11.5 Å². The van der Waals surface area contributed by atoms with Crippen molar-refractivity contribution in [2.75, 3.05) is 25.2 Å². The molecule has 3 aromatic rings. The Labute approximate surface area is 142 Å². The fraction of sp³-hybridized carbons (Fsp3) is 0.400. The topological polar surface area (TPSA) is 69.2 Å². The third kappa shape index (κ3) is 3.23. The average molecular weight is 380 g/mol. The lowest BCUT2D eigenvalue weighted by Gasteiger charge is -2.22. The zero-order chi connectivity index (χ0) is 16.4. The van der Waals surface area contributed by atoms with Crippen molar-refractivity contribution in [1.82, 2.24) is 19.7 Å². The molecule has 8 heteroatoms. The minimum atomic E-state index is 0.586. The van der Waals surface area contributed by atoms with E-state index in [0.717, 1.165) is 33.0 Å². The molecule has 7 nitrogen and oxygen atoms in total. The summed E-state index contributed by atoms with van der Waals surface area (Å²) in [6, 6.07) is 3.94. The van der Waals surface area contributed by atoms with Crippen molar-refractivity contribution in [2.24, 2.45) is 7.05 Å². The van der Waals surface area contributed by atoms with Gasteiger partial charge in [-0.05, 0) is 35.0 Å². The maximum Gasteiger partial charge on any atom is 0.164 e. The molecule has 0 fully saturated rings. The number of furan rings is 1. The molecule has 0 atom stereocenters. The second-order valence-electron chi connectivity index (χ2n) is 5.24. The molecular formula is C15H18BrN5O2. The number of fused-ring (bicyclic) bond motifs is 1. The van der Waals surface area contributed by atoms with Gasteiger partial charge in [-0.1, -0.05) is 0 Å². The van der Waals surface area contributed by atoms with Gasteiger partial charge in [-0.25, -0.2) is 14.6 Å². The number of methoxy groups -OCH3 is 1. The van der Waals surface area contributed by atoms with Gasteiger partial charge in [0.25, 0.3) is 0 Å². The molecule has 0 N–H and O–H groups in total. The van der Waals surface area contributed by atoms with Crippen molar-refractivity contribution in [1.29, 1.82) is 0 Å². The molecule has 0 aliphatic carbocycles. The van der Waals surface area contributed by atoms with Gasteiger partial charge in [0.2, 0.25) is 0 Å². The number of halogens is 1. The second kappa shape index (κ2) is 6.67. The number of nitrogens with zero attached hydrogens (tertiary/aromatic N) is 5. The van der Waals surface area contributed by atoms with E-state index in [0.29, 0.717) is 19.7 Å². The summed E-state index contributed by atoms with van der Waals surface area (Å²) in [5, 5.41) is 5.26. The highest BCUT2D eigenvalue weighted by Crippen LogP contribution is 2.30. The quantitative estimate of drug-likeness (QED) is 0.655. The molecule has 0 unspecified atom stereocenters. The van der Waals surface area contributed by atoms with E-state index < -0.39 is 0 Å². The largest absolute Gasteiger partial charge is 0.464 e. The molecule has 0 amide bonds. The van der Waals surface area contributed by atoms with Gasteiger partial charge in [0, 0.05) is 20.7 Å². The van der Waals surface area contributed by atoms with Crippen molar-refractivity contribution in [3.05, 3.63) is 34.6 Å². The lowest BCUT2D eigenvalue weighted by atomic mass is 10.3. The van der Waals surface area contributed by atoms with Gasteiger partial charge in [0.05, 0.1) is 18.5 Å². The molecule has 0 aromatic carbocycles. The Morgan fingerprint density at radius 2 is 2.17 bits per heavy atom. The van der Waals surface area contributed by atoms with Gasteiger partial charge < -0.3 is 14.1 Å². The van der Waals surface area contributed by atoms with E-state index in [1.807, 2.05) is 26.1 Å². The Bertz CT molecular complexity index is 813. The first-order chi connectivity index (χ1) is 11.1. The third-order valence-corrected chi connectivity index (χ3v) is 4.12. The van der Waals surface area contributed by atoms with Gasteiger partial charge in [-0.3, -0.25) is 0 Å². The average Bonchev–Trinajstić information content (AvgIpc) is 3.07. The second-order valence-corrected chi connectivity index (χ2v) is 5.99. The molecule has 122 valence electrons. The van der Waals surface area contributed by atoms with E-state index in [-0.39, 0.29) is 0 Å². The number of hydrogen-bond donors (Lipinski definition) is 0. The summed E-state index contributed by atoms with van der Waals surface area (Å²) in [5.41, 5.74) is 0.778. The first-order valence-electron chi connectivity index (χ1n) is 7.22. The van der Waals surface area contributed by atoms with Crippen LogP contribution >= 0.6 is 15.9 Å². The normalized spacial score (nSPS) is 11.3. The maximum atomic E-state index is 5.70. The predicted molar refractivity (Wildman–Crippen MR) is 90.4 cm³/mol. The van der Waals surface area contributed by atoms with Crippen LogP contribution in [0.5, 0.6) is 0 Å². The van der Waals surface area contributed by atoms with Crippen molar-refractivity contribution < 1.29 is 9.15 Å². The molecule has 0 bridgehead atoms. The third-order valence-electron chi connectivity index (χ3n) is 3.57. The molecule has 3 heterocycles. The number of aromatic nitrogens is 4. The maximum absolute atomic E-state index is 5.70. The standard InChI is InChI=1S/C15H18BrN5O2/c1-10-4-5-11(23-10)8-21(6-7-22-3)15-12-13(16)19-20(2)14(12)17-9-18-15/h4-5,9H,6-8H2,1-3H3. The van der Waals surface area contributed by atoms with Crippen LogP contribution in [0.3, 0.4) is 0 Å². The monoisotopic (exact) mass is 379 g/mol. The minimum absolute atomic E-state index is 0.586. The lowest BCUT2D eigenvalue weighted by Crippen LogP contribution is -2.27. The van der Waals surface area contributed by atoms with Crippen molar-refractivity contribution in [3.8, 4) is 0 Å². The highest BCUT2D eigenvalue weighted by atomic mass is 79.9. The molecule has 0 radical (unpaired) electrons. The number of rotatable bonds is 6. The number of ether oxygens (including phenoxy) is 1. The van der Waals surface area contributed by atoms with Crippen LogP contribution in [0.2, 0.25) is 0 Å². The SMILES string of the molecule is COCCN(Cc1ccc(C)o1)c1ncnc2c1c(Br)nn2C. The molecule has 3 rings (SSSR count). The van der Waals surface area contributed by atoms with Crippen LogP contribution < -0.4 is 4.90 Å². The van der Waals surface area contributed by atoms with Crippen molar-refractivity contribution in [3.63, 3.8) is 0 Å². The van der Waals surface area contributed by atoms with Gasteiger partial charge in [0.15, 0.2) is 5.65 Å². The molecule has 0 aliphatic rings. The summed E-state index contributed by atoms with van der Waals surface area (Å²) in [5.74, 6) is 2.58. The van der Waals surface area contributed by atoms with Crippen LogP contribution in [0, 0.1) is 6.92 Å².